The molecule has 2 aliphatic rings. The highest BCUT2D eigenvalue weighted by atomic mass is 16.7. The second-order valence-electron chi connectivity index (χ2n) is 14.2. The Labute approximate surface area is 273 Å². The summed E-state index contributed by atoms with van der Waals surface area (Å²) in [7, 11) is -0.371. The van der Waals surface area contributed by atoms with Crippen molar-refractivity contribution in [2.24, 2.45) is 0 Å². The van der Waals surface area contributed by atoms with Crippen molar-refractivity contribution in [3.63, 3.8) is 0 Å². The molecule has 1 heterocycles. The normalized spacial score (nSPS) is 17.2. The second kappa shape index (κ2) is 10.3. The number of fused-ring (bicyclic) bond motifs is 4. The van der Waals surface area contributed by atoms with Crippen molar-refractivity contribution < 1.29 is 9.31 Å². The van der Waals surface area contributed by atoms with Crippen LogP contribution in [0.25, 0.3) is 33.0 Å². The zero-order valence-electron chi connectivity index (χ0n) is 27.5. The van der Waals surface area contributed by atoms with Crippen molar-refractivity contribution in [3.05, 3.63) is 161 Å². The van der Waals surface area contributed by atoms with E-state index in [1.165, 1.54) is 66.4 Å². The van der Waals surface area contributed by atoms with E-state index in [2.05, 4.69) is 169 Å². The largest absolute Gasteiger partial charge is 0.494 e. The third-order valence-electron chi connectivity index (χ3n) is 10.7. The van der Waals surface area contributed by atoms with Crippen LogP contribution in [0.5, 0.6) is 0 Å². The van der Waals surface area contributed by atoms with Crippen LogP contribution in [0.4, 0.5) is 0 Å². The van der Waals surface area contributed by atoms with Gasteiger partial charge in [0, 0.05) is 0 Å². The van der Waals surface area contributed by atoms with E-state index in [1.54, 1.807) is 0 Å². The molecule has 0 saturated carbocycles. The van der Waals surface area contributed by atoms with Gasteiger partial charge in [-0.25, -0.2) is 0 Å². The topological polar surface area (TPSA) is 18.5 Å². The average Bonchev–Trinajstić information content (AvgIpc) is 3.47. The SMILES string of the molecule is Cc1ccc(C2(c3ccc(C)cc3)c3ccccc3-c3ccc(-c4ccc5cc(B6OC(C)(C)C(C)(C)O6)ccc5c4)cc32)cc1. The maximum absolute atomic E-state index is 6.34. The van der Waals surface area contributed by atoms with Crippen molar-refractivity contribution >= 4 is 23.4 Å². The molecule has 0 spiro atoms. The fraction of sp³-hybridized carbons (Fsp3) is 0.209. The molecule has 6 aromatic rings. The summed E-state index contributed by atoms with van der Waals surface area (Å²) < 4.78 is 12.7. The van der Waals surface area contributed by atoms with E-state index >= 15 is 0 Å². The number of benzene rings is 6. The Hall–Kier alpha value is -4.44. The molecule has 1 saturated heterocycles. The van der Waals surface area contributed by atoms with E-state index in [9.17, 15) is 0 Å². The van der Waals surface area contributed by atoms with E-state index in [0.29, 0.717) is 0 Å². The van der Waals surface area contributed by atoms with Crippen LogP contribution in [-0.4, -0.2) is 18.3 Å². The summed E-state index contributed by atoms with van der Waals surface area (Å²) in [4.78, 5) is 0. The van der Waals surface area contributed by atoms with Gasteiger partial charge in [-0.3, -0.25) is 0 Å². The first kappa shape index (κ1) is 29.0. The van der Waals surface area contributed by atoms with Gasteiger partial charge in [0.15, 0.2) is 0 Å². The molecule has 3 heteroatoms. The lowest BCUT2D eigenvalue weighted by molar-refractivity contribution is 0.00578. The smallest absolute Gasteiger partial charge is 0.399 e. The molecule has 0 atom stereocenters. The summed E-state index contributed by atoms with van der Waals surface area (Å²) in [6.07, 6.45) is 0. The van der Waals surface area contributed by atoms with E-state index in [-0.39, 0.29) is 18.3 Å². The van der Waals surface area contributed by atoms with Crippen LogP contribution in [0.15, 0.2) is 127 Å². The Kier molecular flexibility index (Phi) is 6.49. The van der Waals surface area contributed by atoms with Crippen LogP contribution < -0.4 is 5.46 Å². The van der Waals surface area contributed by atoms with Gasteiger partial charge in [0.1, 0.15) is 0 Å². The summed E-state index contributed by atoms with van der Waals surface area (Å²) in [6.45, 7) is 12.7. The summed E-state index contributed by atoms with van der Waals surface area (Å²) in [5, 5.41) is 2.38. The molecular weight excluding hydrogens is 559 g/mol. The maximum atomic E-state index is 6.34. The molecule has 8 rings (SSSR count). The average molecular weight is 599 g/mol. The molecule has 0 amide bonds. The summed E-state index contributed by atoms with van der Waals surface area (Å²) in [5.74, 6) is 0. The monoisotopic (exact) mass is 598 g/mol. The van der Waals surface area contributed by atoms with Crippen molar-refractivity contribution in [3.8, 4) is 22.3 Å². The molecule has 1 aliphatic heterocycles. The molecule has 0 bridgehead atoms. The Bertz CT molecular complexity index is 2060. The van der Waals surface area contributed by atoms with Crippen LogP contribution in [0.2, 0.25) is 0 Å². The minimum absolute atomic E-state index is 0.365. The highest BCUT2D eigenvalue weighted by Gasteiger charge is 2.51. The van der Waals surface area contributed by atoms with E-state index in [0.717, 1.165) is 5.46 Å². The summed E-state index contributed by atoms with van der Waals surface area (Å²) in [5.41, 5.74) is 12.7. The molecule has 226 valence electrons. The lowest BCUT2D eigenvalue weighted by atomic mass is 9.67. The zero-order valence-corrected chi connectivity index (χ0v) is 27.5. The quantitative estimate of drug-likeness (QED) is 0.188. The third-order valence-corrected chi connectivity index (χ3v) is 10.7. The summed E-state index contributed by atoms with van der Waals surface area (Å²) >= 11 is 0. The van der Waals surface area contributed by atoms with Gasteiger partial charge in [-0.15, -0.1) is 0 Å². The van der Waals surface area contributed by atoms with Gasteiger partial charge < -0.3 is 9.31 Å². The minimum Gasteiger partial charge on any atom is -0.399 e. The first-order valence-corrected chi connectivity index (χ1v) is 16.4. The Morgan fingerprint density at radius 2 is 1.00 bits per heavy atom. The Morgan fingerprint density at radius 1 is 0.478 bits per heavy atom. The maximum Gasteiger partial charge on any atom is 0.494 e. The Morgan fingerprint density at radius 3 is 1.65 bits per heavy atom. The Balaban J connectivity index is 1.27. The van der Waals surface area contributed by atoms with Gasteiger partial charge in [-0.2, -0.15) is 0 Å². The van der Waals surface area contributed by atoms with E-state index in [4.69, 9.17) is 9.31 Å². The second-order valence-corrected chi connectivity index (χ2v) is 14.2. The van der Waals surface area contributed by atoms with Crippen LogP contribution in [-0.2, 0) is 14.7 Å². The number of hydrogen-bond acceptors (Lipinski definition) is 2. The number of rotatable bonds is 4. The molecule has 0 N–H and O–H groups in total. The molecule has 0 radical (unpaired) electrons. The predicted molar refractivity (Wildman–Crippen MR) is 192 cm³/mol. The zero-order chi connectivity index (χ0) is 31.8. The first-order chi connectivity index (χ1) is 22.1. The molecular formula is C43H39BO2. The highest BCUT2D eigenvalue weighted by Crippen LogP contribution is 2.56. The molecule has 2 nitrogen and oxygen atoms in total. The lowest BCUT2D eigenvalue weighted by Crippen LogP contribution is -2.41. The van der Waals surface area contributed by atoms with Crippen LogP contribution in [0, 0.1) is 13.8 Å². The van der Waals surface area contributed by atoms with E-state index < -0.39 is 5.41 Å². The highest BCUT2D eigenvalue weighted by molar-refractivity contribution is 6.62. The molecule has 0 aromatic heterocycles. The van der Waals surface area contributed by atoms with Gasteiger partial charge in [-0.05, 0) is 114 Å². The van der Waals surface area contributed by atoms with Crippen LogP contribution in [0.1, 0.15) is 61.1 Å². The number of hydrogen-bond donors (Lipinski definition) is 0. The first-order valence-electron chi connectivity index (χ1n) is 16.4. The predicted octanol–water partition coefficient (Wildman–Crippen LogP) is 9.79. The third kappa shape index (κ3) is 4.33. The minimum atomic E-state index is -0.419. The van der Waals surface area contributed by atoms with Crippen molar-refractivity contribution in [1.82, 2.24) is 0 Å². The standard InChI is InChI=1S/C43H39BO2/c1-28-11-19-34(20-12-28)43(35-21-13-29(2)14-22-35)39-10-8-7-9-37(39)38-24-18-33(27-40(38)43)30-15-16-32-26-36(23-17-31(32)25-30)44-45-41(3,4)42(5,6)46-44/h7-27H,1-6H3. The fourth-order valence-corrected chi connectivity index (χ4v) is 7.42. The van der Waals surface area contributed by atoms with Gasteiger partial charge in [0.25, 0.3) is 0 Å². The molecule has 1 aliphatic carbocycles. The number of aryl methyl sites for hydroxylation is 2. The van der Waals surface area contributed by atoms with Crippen LogP contribution >= 0.6 is 0 Å². The van der Waals surface area contributed by atoms with Gasteiger partial charge in [-0.1, -0.05) is 126 Å². The summed E-state index contributed by atoms with van der Waals surface area (Å²) in [6, 6.07) is 47.6. The van der Waals surface area contributed by atoms with Gasteiger partial charge >= 0.3 is 7.12 Å². The van der Waals surface area contributed by atoms with Gasteiger partial charge in [0.2, 0.25) is 0 Å². The van der Waals surface area contributed by atoms with Crippen LogP contribution in [0.3, 0.4) is 0 Å². The molecule has 6 aromatic carbocycles. The van der Waals surface area contributed by atoms with Crippen molar-refractivity contribution in [2.45, 2.75) is 58.2 Å². The lowest BCUT2D eigenvalue weighted by Gasteiger charge is -2.34. The van der Waals surface area contributed by atoms with Crippen molar-refractivity contribution in [1.29, 1.82) is 0 Å². The molecule has 46 heavy (non-hydrogen) atoms. The van der Waals surface area contributed by atoms with Crippen molar-refractivity contribution in [2.75, 3.05) is 0 Å². The molecule has 0 unspecified atom stereocenters. The fourth-order valence-electron chi connectivity index (χ4n) is 7.42. The van der Waals surface area contributed by atoms with E-state index in [1.807, 2.05) is 0 Å². The molecule has 1 fully saturated rings. The van der Waals surface area contributed by atoms with Gasteiger partial charge in [0.05, 0.1) is 16.6 Å².